The molecule has 4 rings (SSSR count). The zero-order valence-electron chi connectivity index (χ0n) is 14.6. The molecule has 8 nitrogen and oxygen atoms in total. The van der Waals surface area contributed by atoms with Crippen molar-refractivity contribution in [1.29, 1.82) is 0 Å². The summed E-state index contributed by atoms with van der Waals surface area (Å²) < 4.78 is 7.43. The number of aromatic carboxylic acids is 1. The maximum Gasteiger partial charge on any atom is 0.337 e. The number of aryl methyl sites for hydroxylation is 1. The van der Waals surface area contributed by atoms with E-state index in [0.29, 0.717) is 36.1 Å². The predicted molar refractivity (Wildman–Crippen MR) is 99.4 cm³/mol. The maximum atomic E-state index is 11.1. The summed E-state index contributed by atoms with van der Waals surface area (Å²) >= 11 is 0. The summed E-state index contributed by atoms with van der Waals surface area (Å²) in [5, 5.41) is 12.3. The minimum Gasteiger partial charge on any atom is -0.478 e. The zero-order valence-corrected chi connectivity index (χ0v) is 14.6. The largest absolute Gasteiger partial charge is 0.478 e. The Kier molecular flexibility index (Phi) is 4.29. The van der Waals surface area contributed by atoms with Crippen molar-refractivity contribution in [3.63, 3.8) is 0 Å². The van der Waals surface area contributed by atoms with E-state index in [1.54, 1.807) is 6.26 Å². The number of oxazole rings is 1. The van der Waals surface area contributed by atoms with Gasteiger partial charge in [0.05, 0.1) is 17.8 Å². The number of fused-ring (bicyclic) bond motifs is 1. The van der Waals surface area contributed by atoms with E-state index in [-0.39, 0.29) is 5.56 Å². The third-order valence-electron chi connectivity index (χ3n) is 4.15. The van der Waals surface area contributed by atoms with Crippen LogP contribution in [0.2, 0.25) is 0 Å². The molecule has 0 fully saturated rings. The number of hydrogen-bond donors (Lipinski definition) is 2. The highest BCUT2D eigenvalue weighted by molar-refractivity contribution is 5.91. The second kappa shape index (κ2) is 6.91. The summed E-state index contributed by atoms with van der Waals surface area (Å²) in [5.41, 5.74) is 2.93. The van der Waals surface area contributed by atoms with Crippen LogP contribution in [0.3, 0.4) is 0 Å². The van der Waals surface area contributed by atoms with E-state index in [9.17, 15) is 4.79 Å². The molecule has 0 aliphatic heterocycles. The smallest absolute Gasteiger partial charge is 0.337 e. The van der Waals surface area contributed by atoms with Gasteiger partial charge in [0, 0.05) is 18.3 Å². The molecule has 4 aromatic rings. The lowest BCUT2D eigenvalue weighted by Gasteiger charge is -2.06. The van der Waals surface area contributed by atoms with Gasteiger partial charge in [-0.2, -0.15) is 0 Å². The van der Waals surface area contributed by atoms with Crippen molar-refractivity contribution in [2.24, 2.45) is 0 Å². The van der Waals surface area contributed by atoms with Crippen LogP contribution in [0.25, 0.3) is 22.6 Å². The van der Waals surface area contributed by atoms with Gasteiger partial charge in [-0.3, -0.25) is 4.57 Å². The van der Waals surface area contributed by atoms with E-state index < -0.39 is 5.97 Å². The molecule has 0 amide bonds. The van der Waals surface area contributed by atoms with E-state index in [1.165, 1.54) is 12.3 Å². The molecule has 0 radical (unpaired) electrons. The number of carboxylic acid groups (broad SMARTS) is 1. The van der Waals surface area contributed by atoms with Gasteiger partial charge in [0.15, 0.2) is 5.65 Å². The van der Waals surface area contributed by atoms with Gasteiger partial charge in [-0.15, -0.1) is 0 Å². The van der Waals surface area contributed by atoms with Gasteiger partial charge in [-0.05, 0) is 25.1 Å². The first kappa shape index (κ1) is 16.8. The first-order chi connectivity index (χ1) is 13.2. The van der Waals surface area contributed by atoms with Crippen molar-refractivity contribution in [1.82, 2.24) is 19.5 Å². The third-order valence-corrected chi connectivity index (χ3v) is 4.15. The molecule has 8 heteroatoms. The lowest BCUT2D eigenvalue weighted by Crippen LogP contribution is -2.07. The highest BCUT2D eigenvalue weighted by Crippen LogP contribution is 2.21. The molecule has 136 valence electrons. The van der Waals surface area contributed by atoms with E-state index in [1.807, 2.05) is 41.8 Å². The number of aromatic nitrogens is 4. The predicted octanol–water partition coefficient (Wildman–Crippen LogP) is 3.42. The fourth-order valence-electron chi connectivity index (χ4n) is 2.83. The standard InChI is InChI=1S/C19H17N5O3/c1-2-24-16-15(8-13(9-20-16)18(25)26)23-19(24)21-10-14-11-27-17(22-14)12-6-4-3-5-7-12/h3-9,11H,2,10H2,1H3,(H,21,23)(H,25,26). The second-order valence-corrected chi connectivity index (χ2v) is 5.92. The average Bonchev–Trinajstić information content (AvgIpc) is 3.30. The summed E-state index contributed by atoms with van der Waals surface area (Å²) in [6.07, 6.45) is 2.95. The number of carboxylic acids is 1. The highest BCUT2D eigenvalue weighted by atomic mass is 16.4. The first-order valence-corrected chi connectivity index (χ1v) is 8.49. The van der Waals surface area contributed by atoms with Gasteiger partial charge >= 0.3 is 5.97 Å². The van der Waals surface area contributed by atoms with Gasteiger partial charge in [-0.1, -0.05) is 18.2 Å². The zero-order chi connectivity index (χ0) is 18.8. The second-order valence-electron chi connectivity index (χ2n) is 5.92. The molecule has 1 aromatic carbocycles. The van der Waals surface area contributed by atoms with Crippen LogP contribution < -0.4 is 5.32 Å². The number of anilines is 1. The quantitative estimate of drug-likeness (QED) is 0.540. The van der Waals surface area contributed by atoms with Gasteiger partial charge in [0.25, 0.3) is 0 Å². The molecule has 0 saturated carbocycles. The molecule has 0 atom stereocenters. The molecule has 0 bridgehead atoms. The van der Waals surface area contributed by atoms with Crippen LogP contribution in [0.1, 0.15) is 23.0 Å². The average molecular weight is 363 g/mol. The Balaban J connectivity index is 1.57. The molecule has 2 N–H and O–H groups in total. The Morgan fingerprint density at radius 2 is 2.07 bits per heavy atom. The number of nitrogens with zero attached hydrogens (tertiary/aromatic N) is 4. The number of rotatable bonds is 6. The molecule has 0 spiro atoms. The molecule has 27 heavy (non-hydrogen) atoms. The number of pyridine rings is 1. The normalized spacial score (nSPS) is 11.0. The summed E-state index contributed by atoms with van der Waals surface area (Å²) in [6, 6.07) is 11.2. The van der Waals surface area contributed by atoms with Gasteiger partial charge in [0.1, 0.15) is 11.8 Å². The summed E-state index contributed by atoms with van der Waals surface area (Å²) in [5.74, 6) is 0.136. The number of hydrogen-bond acceptors (Lipinski definition) is 6. The first-order valence-electron chi connectivity index (χ1n) is 8.49. The summed E-state index contributed by atoms with van der Waals surface area (Å²) in [7, 11) is 0. The number of imidazole rings is 1. The number of carbonyl (C=O) groups is 1. The van der Waals surface area contributed by atoms with E-state index >= 15 is 0 Å². The maximum absolute atomic E-state index is 11.1. The number of benzene rings is 1. The van der Waals surface area contributed by atoms with Gasteiger partial charge in [0.2, 0.25) is 11.8 Å². The van der Waals surface area contributed by atoms with Crippen LogP contribution in [-0.4, -0.2) is 30.6 Å². The molecule has 0 aliphatic rings. The van der Waals surface area contributed by atoms with Crippen LogP contribution in [0, 0.1) is 0 Å². The molecule has 3 heterocycles. The highest BCUT2D eigenvalue weighted by Gasteiger charge is 2.14. The molecule has 3 aromatic heterocycles. The van der Waals surface area contributed by atoms with E-state index in [0.717, 1.165) is 11.3 Å². The molecular formula is C19H17N5O3. The monoisotopic (exact) mass is 363 g/mol. The van der Waals surface area contributed by atoms with Crippen molar-refractivity contribution in [2.75, 3.05) is 5.32 Å². The lowest BCUT2D eigenvalue weighted by molar-refractivity contribution is 0.0696. The van der Waals surface area contributed by atoms with E-state index in [4.69, 9.17) is 9.52 Å². The van der Waals surface area contributed by atoms with Gasteiger partial charge in [-0.25, -0.2) is 19.7 Å². The Bertz CT molecular complexity index is 1100. The molecule has 0 unspecified atom stereocenters. The lowest BCUT2D eigenvalue weighted by atomic mass is 10.2. The van der Waals surface area contributed by atoms with Gasteiger partial charge < -0.3 is 14.8 Å². The van der Waals surface area contributed by atoms with Crippen molar-refractivity contribution in [3.05, 3.63) is 60.1 Å². The Morgan fingerprint density at radius 3 is 2.81 bits per heavy atom. The summed E-state index contributed by atoms with van der Waals surface area (Å²) in [6.45, 7) is 3.04. The van der Waals surface area contributed by atoms with E-state index in [2.05, 4.69) is 20.3 Å². The Hall–Kier alpha value is -3.68. The molecule has 0 aliphatic carbocycles. The van der Waals surface area contributed by atoms with Crippen LogP contribution >= 0.6 is 0 Å². The van der Waals surface area contributed by atoms with Crippen molar-refractivity contribution >= 4 is 23.1 Å². The fraction of sp³-hybridized carbons (Fsp3) is 0.158. The Morgan fingerprint density at radius 1 is 1.26 bits per heavy atom. The fourth-order valence-corrected chi connectivity index (χ4v) is 2.83. The third kappa shape index (κ3) is 3.24. The van der Waals surface area contributed by atoms with Crippen LogP contribution in [0.15, 0.2) is 53.3 Å². The van der Waals surface area contributed by atoms with Crippen LogP contribution in [0.4, 0.5) is 5.95 Å². The minimum atomic E-state index is -1.03. The van der Waals surface area contributed by atoms with Crippen LogP contribution in [-0.2, 0) is 13.1 Å². The molecule has 0 saturated heterocycles. The van der Waals surface area contributed by atoms with Crippen molar-refractivity contribution in [2.45, 2.75) is 20.0 Å². The Labute approximate surface area is 154 Å². The number of nitrogens with one attached hydrogen (secondary N) is 1. The summed E-state index contributed by atoms with van der Waals surface area (Å²) in [4.78, 5) is 24.3. The SMILES string of the molecule is CCn1c(NCc2coc(-c3ccccc3)n2)nc2cc(C(=O)O)cnc21. The molecular weight excluding hydrogens is 346 g/mol. The minimum absolute atomic E-state index is 0.110. The van der Waals surface area contributed by atoms with Crippen molar-refractivity contribution in [3.8, 4) is 11.5 Å². The van der Waals surface area contributed by atoms with Crippen molar-refractivity contribution < 1.29 is 14.3 Å². The topological polar surface area (TPSA) is 106 Å². The van der Waals surface area contributed by atoms with Crippen LogP contribution in [0.5, 0.6) is 0 Å².